The molecule has 1 fully saturated rings. The second-order valence-electron chi connectivity index (χ2n) is 5.33. The summed E-state index contributed by atoms with van der Waals surface area (Å²) < 4.78 is 2.28. The zero-order chi connectivity index (χ0) is 14.7. The van der Waals surface area contributed by atoms with Crippen LogP contribution in [0.2, 0.25) is 5.02 Å². The van der Waals surface area contributed by atoms with Gasteiger partial charge >= 0.3 is 0 Å². The number of hydrogen-bond donors (Lipinski definition) is 1. The van der Waals surface area contributed by atoms with Gasteiger partial charge in [0.25, 0.3) is 0 Å². The minimum absolute atomic E-state index is 0.447. The van der Waals surface area contributed by atoms with Gasteiger partial charge in [-0.3, -0.25) is 5.10 Å². The summed E-state index contributed by atoms with van der Waals surface area (Å²) in [5, 5.41) is 12.4. The number of aromatic nitrogens is 3. The third-order valence-electron chi connectivity index (χ3n) is 3.82. The van der Waals surface area contributed by atoms with E-state index in [0.29, 0.717) is 15.7 Å². The first-order chi connectivity index (χ1) is 10.2. The van der Waals surface area contributed by atoms with E-state index in [1.807, 2.05) is 24.3 Å². The average molecular weight is 321 g/mol. The van der Waals surface area contributed by atoms with Gasteiger partial charge in [0.05, 0.1) is 6.21 Å². The van der Waals surface area contributed by atoms with Crippen LogP contribution in [0.4, 0.5) is 0 Å². The molecule has 0 amide bonds. The van der Waals surface area contributed by atoms with E-state index in [9.17, 15) is 0 Å². The van der Waals surface area contributed by atoms with Crippen LogP contribution in [0, 0.1) is 4.77 Å². The molecule has 3 rings (SSSR count). The highest BCUT2D eigenvalue weighted by Crippen LogP contribution is 2.31. The Morgan fingerprint density at radius 2 is 2.14 bits per heavy atom. The fourth-order valence-electron chi connectivity index (χ4n) is 2.75. The second kappa shape index (κ2) is 6.54. The Morgan fingerprint density at radius 3 is 2.90 bits per heavy atom. The first-order valence-electron chi connectivity index (χ1n) is 7.21. The molecule has 1 aliphatic carbocycles. The largest absolute Gasteiger partial charge is 0.250 e. The van der Waals surface area contributed by atoms with Gasteiger partial charge in [-0.1, -0.05) is 43.0 Å². The van der Waals surface area contributed by atoms with Gasteiger partial charge in [0.1, 0.15) is 0 Å². The lowest BCUT2D eigenvalue weighted by atomic mass is 9.89. The molecule has 4 nitrogen and oxygen atoms in total. The minimum atomic E-state index is 0.447. The van der Waals surface area contributed by atoms with Crippen LogP contribution in [0.25, 0.3) is 0 Å². The van der Waals surface area contributed by atoms with Crippen LogP contribution in [0.3, 0.4) is 0 Å². The smallest absolute Gasteiger partial charge is 0.216 e. The van der Waals surface area contributed by atoms with Crippen molar-refractivity contribution in [3.63, 3.8) is 0 Å². The van der Waals surface area contributed by atoms with Gasteiger partial charge in [-0.2, -0.15) is 14.9 Å². The van der Waals surface area contributed by atoms with Crippen molar-refractivity contribution in [3.05, 3.63) is 45.4 Å². The van der Waals surface area contributed by atoms with Gasteiger partial charge in [0.15, 0.2) is 5.82 Å². The summed E-state index contributed by atoms with van der Waals surface area (Å²) in [6, 6.07) is 7.57. The van der Waals surface area contributed by atoms with E-state index in [4.69, 9.17) is 23.8 Å². The topological polar surface area (TPSA) is 46.0 Å². The summed E-state index contributed by atoms with van der Waals surface area (Å²) in [4.78, 5) is 0. The fraction of sp³-hybridized carbons (Fsp3) is 0.400. The molecule has 0 bridgehead atoms. The molecule has 1 aromatic heterocycles. The van der Waals surface area contributed by atoms with Crippen LogP contribution in [-0.4, -0.2) is 21.1 Å². The number of H-pyrrole nitrogens is 1. The molecule has 1 heterocycles. The van der Waals surface area contributed by atoms with Gasteiger partial charge in [-0.25, -0.2) is 0 Å². The van der Waals surface area contributed by atoms with Gasteiger partial charge < -0.3 is 0 Å². The normalized spacial score (nSPS) is 16.6. The highest BCUT2D eigenvalue weighted by Gasteiger charge is 2.21. The predicted molar refractivity (Wildman–Crippen MR) is 87.7 cm³/mol. The van der Waals surface area contributed by atoms with Crippen LogP contribution < -0.4 is 0 Å². The number of hydrogen-bond acceptors (Lipinski definition) is 3. The van der Waals surface area contributed by atoms with Gasteiger partial charge in [0.2, 0.25) is 4.77 Å². The van der Waals surface area contributed by atoms with Crippen molar-refractivity contribution in [1.29, 1.82) is 0 Å². The number of halogens is 1. The molecule has 0 saturated heterocycles. The van der Waals surface area contributed by atoms with Crippen molar-refractivity contribution in [2.24, 2.45) is 5.10 Å². The summed E-state index contributed by atoms with van der Waals surface area (Å²) >= 11 is 11.3. The Bertz CT molecular complexity index is 698. The Kier molecular flexibility index (Phi) is 4.51. The highest BCUT2D eigenvalue weighted by atomic mass is 35.5. The maximum Gasteiger partial charge on any atom is 0.216 e. The van der Waals surface area contributed by atoms with Crippen molar-refractivity contribution < 1.29 is 0 Å². The number of aromatic amines is 1. The Morgan fingerprint density at radius 1 is 1.33 bits per heavy atom. The molecular formula is C15H17ClN4S. The van der Waals surface area contributed by atoms with E-state index in [-0.39, 0.29) is 0 Å². The summed E-state index contributed by atoms with van der Waals surface area (Å²) in [5.41, 5.74) is 0.945. The van der Waals surface area contributed by atoms with Gasteiger partial charge in [0, 0.05) is 10.9 Å². The SMILES string of the molecule is S=c1[nH]nc(C2CCCCC2)n1/N=C\c1cccc(Cl)c1. The number of nitrogens with zero attached hydrogens (tertiary/aromatic N) is 3. The van der Waals surface area contributed by atoms with Crippen LogP contribution in [-0.2, 0) is 0 Å². The number of rotatable bonds is 3. The second-order valence-corrected chi connectivity index (χ2v) is 6.16. The quantitative estimate of drug-likeness (QED) is 0.667. The Labute approximate surface area is 133 Å². The first kappa shape index (κ1) is 14.5. The van der Waals surface area contributed by atoms with E-state index < -0.39 is 0 Å². The van der Waals surface area contributed by atoms with E-state index in [1.165, 1.54) is 19.3 Å². The molecule has 0 spiro atoms. The molecule has 21 heavy (non-hydrogen) atoms. The van der Waals surface area contributed by atoms with Crippen molar-refractivity contribution in [2.45, 2.75) is 38.0 Å². The van der Waals surface area contributed by atoms with E-state index in [1.54, 1.807) is 10.9 Å². The standard InChI is InChI=1S/C15H17ClN4S/c16-13-8-4-5-11(9-13)10-17-20-14(18-19-15(20)21)12-6-2-1-3-7-12/h4-5,8-10,12H,1-3,6-7H2,(H,19,21)/b17-10-. The van der Waals surface area contributed by atoms with E-state index >= 15 is 0 Å². The fourth-order valence-corrected chi connectivity index (χ4v) is 3.14. The van der Waals surface area contributed by atoms with Crippen molar-refractivity contribution in [3.8, 4) is 0 Å². The summed E-state index contributed by atoms with van der Waals surface area (Å²) in [6.07, 6.45) is 7.90. The third kappa shape index (κ3) is 3.41. The molecule has 0 radical (unpaired) electrons. The van der Waals surface area contributed by atoms with Crippen molar-refractivity contribution in [2.75, 3.05) is 0 Å². The Balaban J connectivity index is 1.88. The summed E-state index contributed by atoms with van der Waals surface area (Å²) in [6.45, 7) is 0. The maximum absolute atomic E-state index is 5.98. The van der Waals surface area contributed by atoms with Gasteiger partial charge in [-0.15, -0.1) is 0 Å². The number of benzene rings is 1. The molecule has 6 heteroatoms. The minimum Gasteiger partial charge on any atom is -0.250 e. The molecule has 1 aliphatic rings. The van der Waals surface area contributed by atoms with Crippen molar-refractivity contribution in [1.82, 2.24) is 14.9 Å². The predicted octanol–water partition coefficient (Wildman–Crippen LogP) is 4.52. The van der Waals surface area contributed by atoms with Crippen molar-refractivity contribution >= 4 is 30.0 Å². The highest BCUT2D eigenvalue weighted by molar-refractivity contribution is 7.71. The first-order valence-corrected chi connectivity index (χ1v) is 8.00. The lowest BCUT2D eigenvalue weighted by molar-refractivity contribution is 0.419. The lowest BCUT2D eigenvalue weighted by Gasteiger charge is -2.19. The van der Waals surface area contributed by atoms with E-state index in [2.05, 4.69) is 15.3 Å². The zero-order valence-corrected chi connectivity index (χ0v) is 13.2. The molecule has 1 N–H and O–H groups in total. The molecular weight excluding hydrogens is 304 g/mol. The van der Waals surface area contributed by atoms with Crippen LogP contribution >= 0.6 is 23.8 Å². The lowest BCUT2D eigenvalue weighted by Crippen LogP contribution is -2.10. The summed E-state index contributed by atoms with van der Waals surface area (Å²) in [5.74, 6) is 1.39. The van der Waals surface area contributed by atoms with Crippen LogP contribution in [0.15, 0.2) is 29.4 Å². The molecule has 0 aliphatic heterocycles. The zero-order valence-electron chi connectivity index (χ0n) is 11.6. The number of nitrogens with one attached hydrogen (secondary N) is 1. The third-order valence-corrected chi connectivity index (χ3v) is 4.32. The average Bonchev–Trinajstić information content (AvgIpc) is 2.87. The molecule has 110 valence electrons. The molecule has 1 aromatic carbocycles. The molecule has 1 saturated carbocycles. The van der Waals surface area contributed by atoms with Crippen LogP contribution in [0.5, 0.6) is 0 Å². The van der Waals surface area contributed by atoms with Gasteiger partial charge in [-0.05, 0) is 42.8 Å². The molecule has 0 unspecified atom stereocenters. The molecule has 2 aromatic rings. The van der Waals surface area contributed by atoms with E-state index in [0.717, 1.165) is 24.2 Å². The monoisotopic (exact) mass is 320 g/mol. The molecule has 0 atom stereocenters. The Hall–Kier alpha value is -1.46. The summed E-state index contributed by atoms with van der Waals surface area (Å²) in [7, 11) is 0. The maximum atomic E-state index is 5.98. The van der Waals surface area contributed by atoms with Crippen LogP contribution in [0.1, 0.15) is 49.4 Å².